The van der Waals surface area contributed by atoms with Crippen molar-refractivity contribution >= 4 is 11.8 Å². The molecule has 0 atom stereocenters. The number of methoxy groups -OCH3 is 2. The van der Waals surface area contributed by atoms with Crippen molar-refractivity contribution in [3.8, 4) is 5.75 Å². The predicted octanol–water partition coefficient (Wildman–Crippen LogP) is 4.00. The average molecular weight is 451 g/mol. The first-order valence-corrected chi connectivity index (χ1v) is 10.9. The molecule has 0 aliphatic carbocycles. The quantitative estimate of drug-likeness (QED) is 0.390. The summed E-state index contributed by atoms with van der Waals surface area (Å²) >= 11 is 0. The Labute approximate surface area is 194 Å². The van der Waals surface area contributed by atoms with Gasteiger partial charge in [0.25, 0.3) is 5.91 Å². The molecule has 0 spiro atoms. The molecule has 3 aromatic rings. The molecule has 174 valence electrons. The average Bonchev–Trinajstić information content (AvgIpc) is 3.36. The van der Waals surface area contributed by atoms with E-state index in [0.29, 0.717) is 49.7 Å². The maximum absolute atomic E-state index is 13.4. The van der Waals surface area contributed by atoms with Crippen LogP contribution < -0.4 is 4.74 Å². The summed E-state index contributed by atoms with van der Waals surface area (Å²) in [5.74, 6) is 0.886. The molecule has 0 fully saturated rings. The molecule has 1 aromatic heterocycles. The van der Waals surface area contributed by atoms with Crippen LogP contribution in [-0.2, 0) is 22.6 Å². The van der Waals surface area contributed by atoms with Gasteiger partial charge in [0.2, 0.25) is 5.91 Å². The van der Waals surface area contributed by atoms with Crippen molar-refractivity contribution in [2.45, 2.75) is 19.5 Å². The van der Waals surface area contributed by atoms with Crippen LogP contribution in [0.5, 0.6) is 5.75 Å². The topological polar surface area (TPSA) is 72.2 Å². The highest BCUT2D eigenvalue weighted by Gasteiger charge is 2.23. The van der Waals surface area contributed by atoms with Gasteiger partial charge in [-0.15, -0.1) is 0 Å². The van der Waals surface area contributed by atoms with Crippen LogP contribution in [0.3, 0.4) is 0 Å². The summed E-state index contributed by atoms with van der Waals surface area (Å²) in [5.41, 5.74) is 1.47. The van der Waals surface area contributed by atoms with Crippen LogP contribution >= 0.6 is 0 Å². The van der Waals surface area contributed by atoms with E-state index in [2.05, 4.69) is 0 Å². The second-order valence-corrected chi connectivity index (χ2v) is 7.62. The predicted molar refractivity (Wildman–Crippen MR) is 125 cm³/mol. The third-order valence-corrected chi connectivity index (χ3v) is 5.20. The Bertz CT molecular complexity index is 1000. The van der Waals surface area contributed by atoms with Crippen LogP contribution in [0, 0.1) is 0 Å². The van der Waals surface area contributed by atoms with E-state index in [0.717, 1.165) is 5.56 Å². The van der Waals surface area contributed by atoms with Gasteiger partial charge >= 0.3 is 0 Å². The fourth-order valence-corrected chi connectivity index (χ4v) is 3.48. The number of amides is 2. The van der Waals surface area contributed by atoms with Crippen molar-refractivity contribution in [3.63, 3.8) is 0 Å². The van der Waals surface area contributed by atoms with E-state index >= 15 is 0 Å². The van der Waals surface area contributed by atoms with Gasteiger partial charge in [0, 0.05) is 32.4 Å². The summed E-state index contributed by atoms with van der Waals surface area (Å²) in [4.78, 5) is 30.0. The third kappa shape index (κ3) is 7.22. The second-order valence-electron chi connectivity index (χ2n) is 7.62. The second kappa shape index (κ2) is 12.5. The van der Waals surface area contributed by atoms with Crippen LogP contribution in [0.4, 0.5) is 0 Å². The van der Waals surface area contributed by atoms with E-state index in [1.54, 1.807) is 60.6 Å². The van der Waals surface area contributed by atoms with Crippen LogP contribution in [0.25, 0.3) is 0 Å². The fraction of sp³-hybridized carbons (Fsp3) is 0.308. The number of carbonyl (C=O) groups excluding carboxylic acids is 2. The summed E-state index contributed by atoms with van der Waals surface area (Å²) in [7, 11) is 3.17. The van der Waals surface area contributed by atoms with Gasteiger partial charge in [-0.3, -0.25) is 9.59 Å². The number of hydrogen-bond acceptors (Lipinski definition) is 5. The fourth-order valence-electron chi connectivity index (χ4n) is 3.48. The number of nitrogens with zero attached hydrogens (tertiary/aromatic N) is 2. The molecule has 3 rings (SSSR count). The van der Waals surface area contributed by atoms with Gasteiger partial charge in [-0.25, -0.2) is 0 Å². The van der Waals surface area contributed by atoms with Gasteiger partial charge in [-0.2, -0.15) is 0 Å². The first-order chi connectivity index (χ1) is 16.1. The lowest BCUT2D eigenvalue weighted by atomic mass is 10.1. The zero-order valence-electron chi connectivity index (χ0n) is 19.1. The molecule has 7 heteroatoms. The highest BCUT2D eigenvalue weighted by molar-refractivity contribution is 5.96. The van der Waals surface area contributed by atoms with Crippen LogP contribution in [0.15, 0.2) is 77.4 Å². The molecule has 0 unspecified atom stereocenters. The van der Waals surface area contributed by atoms with Crippen LogP contribution in [-0.4, -0.2) is 55.5 Å². The van der Waals surface area contributed by atoms with Crippen molar-refractivity contribution in [1.82, 2.24) is 9.80 Å². The Hall–Kier alpha value is -3.58. The maximum Gasteiger partial charge on any atom is 0.254 e. The number of hydrogen-bond donors (Lipinski definition) is 0. The summed E-state index contributed by atoms with van der Waals surface area (Å²) in [6.45, 7) is 1.58. The Morgan fingerprint density at radius 1 is 0.909 bits per heavy atom. The first-order valence-electron chi connectivity index (χ1n) is 10.9. The van der Waals surface area contributed by atoms with Gasteiger partial charge in [0.1, 0.15) is 18.1 Å². The van der Waals surface area contributed by atoms with Gasteiger partial charge in [-0.1, -0.05) is 36.4 Å². The van der Waals surface area contributed by atoms with Crippen LogP contribution in [0.1, 0.15) is 28.1 Å². The number of rotatable bonds is 12. The molecule has 2 aromatic carbocycles. The number of carbonyl (C=O) groups is 2. The molecule has 2 amide bonds. The number of furan rings is 1. The lowest BCUT2D eigenvalue weighted by molar-refractivity contribution is -0.133. The minimum Gasteiger partial charge on any atom is -0.497 e. The zero-order valence-corrected chi connectivity index (χ0v) is 19.1. The van der Waals surface area contributed by atoms with Crippen molar-refractivity contribution in [2.24, 2.45) is 0 Å². The summed E-state index contributed by atoms with van der Waals surface area (Å²) in [5, 5.41) is 0. The molecule has 0 N–H and O–H groups in total. The molecule has 1 heterocycles. The minimum absolute atomic E-state index is 0.0483. The molecular formula is C26H30N2O5. The monoisotopic (exact) mass is 450 g/mol. The Morgan fingerprint density at radius 2 is 1.73 bits per heavy atom. The Balaban J connectivity index is 1.79. The van der Waals surface area contributed by atoms with Crippen molar-refractivity contribution < 1.29 is 23.5 Å². The minimum atomic E-state index is -0.226. The SMILES string of the molecule is COCCCN(CC(=O)N(Cc1ccccc1)Cc1ccco1)C(=O)c1cccc(OC)c1. The Morgan fingerprint density at radius 3 is 2.42 bits per heavy atom. The van der Waals surface area contributed by atoms with Crippen molar-refractivity contribution in [3.05, 3.63) is 89.9 Å². The third-order valence-electron chi connectivity index (χ3n) is 5.20. The highest BCUT2D eigenvalue weighted by atomic mass is 16.5. The molecule has 0 radical (unpaired) electrons. The Kier molecular flexibility index (Phi) is 9.08. The van der Waals surface area contributed by atoms with E-state index in [-0.39, 0.29) is 18.4 Å². The lowest BCUT2D eigenvalue weighted by Gasteiger charge is -2.27. The van der Waals surface area contributed by atoms with Gasteiger partial charge < -0.3 is 23.7 Å². The van der Waals surface area contributed by atoms with Crippen LogP contribution in [0.2, 0.25) is 0 Å². The molecule has 7 nitrogen and oxygen atoms in total. The smallest absolute Gasteiger partial charge is 0.254 e. The molecule has 0 saturated heterocycles. The maximum atomic E-state index is 13.4. The molecule has 0 bridgehead atoms. The van der Waals surface area contributed by atoms with E-state index in [1.807, 2.05) is 36.4 Å². The van der Waals surface area contributed by atoms with Gasteiger partial charge in [-0.05, 0) is 42.3 Å². The summed E-state index contributed by atoms with van der Waals surface area (Å²) in [6.07, 6.45) is 2.21. The number of ether oxygens (including phenoxy) is 2. The van der Waals surface area contributed by atoms with E-state index in [9.17, 15) is 9.59 Å². The van der Waals surface area contributed by atoms with Gasteiger partial charge in [0.05, 0.1) is 19.9 Å². The summed E-state index contributed by atoms with van der Waals surface area (Å²) in [6, 6.07) is 20.3. The lowest BCUT2D eigenvalue weighted by Crippen LogP contribution is -2.43. The molecule has 0 aliphatic rings. The molecule has 0 saturated carbocycles. The highest BCUT2D eigenvalue weighted by Crippen LogP contribution is 2.16. The van der Waals surface area contributed by atoms with Gasteiger partial charge in [0.15, 0.2) is 0 Å². The van der Waals surface area contributed by atoms with E-state index in [4.69, 9.17) is 13.9 Å². The largest absolute Gasteiger partial charge is 0.497 e. The van der Waals surface area contributed by atoms with Crippen molar-refractivity contribution in [2.75, 3.05) is 33.9 Å². The van der Waals surface area contributed by atoms with Crippen molar-refractivity contribution in [1.29, 1.82) is 0 Å². The summed E-state index contributed by atoms with van der Waals surface area (Å²) < 4.78 is 15.9. The molecular weight excluding hydrogens is 420 g/mol. The van der Waals surface area contributed by atoms with E-state index < -0.39 is 0 Å². The molecule has 0 aliphatic heterocycles. The number of benzene rings is 2. The standard InChI is InChI=1S/C26H30N2O5/c1-31-15-8-14-27(26(30)22-11-6-12-23(17-22)32-2)20-25(29)28(19-24-13-7-16-33-24)18-21-9-4-3-5-10-21/h3-7,9-13,16-17H,8,14-15,18-20H2,1-2H3. The van der Waals surface area contributed by atoms with E-state index in [1.165, 1.54) is 0 Å². The first kappa shape index (κ1) is 24.1. The normalized spacial score (nSPS) is 10.6. The molecule has 33 heavy (non-hydrogen) atoms. The zero-order chi connectivity index (χ0) is 23.5.